The summed E-state index contributed by atoms with van der Waals surface area (Å²) >= 11 is 5.59. The Kier molecular flexibility index (Phi) is 3.47. The molecular formula is C11H12ClFO2. The first-order valence-electron chi connectivity index (χ1n) is 4.43. The number of methoxy groups -OCH3 is 1. The van der Waals surface area contributed by atoms with Crippen LogP contribution in [-0.4, -0.2) is 18.5 Å². The monoisotopic (exact) mass is 230 g/mol. The second kappa shape index (κ2) is 4.29. The summed E-state index contributed by atoms with van der Waals surface area (Å²) in [7, 11) is 1.41. The maximum atomic E-state index is 13.4. The summed E-state index contributed by atoms with van der Waals surface area (Å²) in [4.78, 5) is 11.8. The van der Waals surface area contributed by atoms with Crippen LogP contribution in [0.2, 0.25) is 5.02 Å². The van der Waals surface area contributed by atoms with Crippen LogP contribution in [0.15, 0.2) is 18.2 Å². The van der Waals surface area contributed by atoms with Gasteiger partial charge in [0, 0.05) is 12.1 Å². The molecule has 0 heterocycles. The Morgan fingerprint density at radius 3 is 2.53 bits per heavy atom. The molecule has 0 unspecified atom stereocenters. The summed E-state index contributed by atoms with van der Waals surface area (Å²) in [6.07, 6.45) is 0. The zero-order valence-electron chi connectivity index (χ0n) is 8.80. The number of hydrogen-bond acceptors (Lipinski definition) is 2. The predicted octanol–water partition coefficient (Wildman–Crippen LogP) is 3.09. The summed E-state index contributed by atoms with van der Waals surface area (Å²) in [6.45, 7) is 3.17. The van der Waals surface area contributed by atoms with E-state index in [1.807, 2.05) is 0 Å². The maximum absolute atomic E-state index is 13.4. The molecule has 4 heteroatoms. The van der Waals surface area contributed by atoms with Gasteiger partial charge in [0.05, 0.1) is 5.56 Å². The molecule has 0 aliphatic rings. The van der Waals surface area contributed by atoms with Gasteiger partial charge in [-0.3, -0.25) is 4.79 Å². The zero-order valence-corrected chi connectivity index (χ0v) is 9.56. The third kappa shape index (κ3) is 2.55. The second-order valence-corrected chi connectivity index (χ2v) is 4.10. The number of halogens is 2. The lowest BCUT2D eigenvalue weighted by Gasteiger charge is -2.21. The molecule has 0 aliphatic carbocycles. The van der Waals surface area contributed by atoms with Crippen LogP contribution in [-0.2, 0) is 4.74 Å². The van der Waals surface area contributed by atoms with Crippen molar-refractivity contribution in [3.8, 4) is 0 Å². The normalized spacial score (nSPS) is 11.5. The van der Waals surface area contributed by atoms with E-state index >= 15 is 0 Å². The van der Waals surface area contributed by atoms with Crippen molar-refractivity contribution < 1.29 is 13.9 Å². The van der Waals surface area contributed by atoms with E-state index in [4.69, 9.17) is 16.3 Å². The van der Waals surface area contributed by atoms with E-state index in [1.54, 1.807) is 13.8 Å². The van der Waals surface area contributed by atoms with Gasteiger partial charge in [-0.1, -0.05) is 11.6 Å². The van der Waals surface area contributed by atoms with Crippen molar-refractivity contribution in [3.05, 3.63) is 34.6 Å². The Bertz CT molecular complexity index is 388. The minimum Gasteiger partial charge on any atom is -0.371 e. The van der Waals surface area contributed by atoms with E-state index < -0.39 is 17.2 Å². The molecule has 0 atom stereocenters. The van der Waals surface area contributed by atoms with Crippen LogP contribution in [0, 0.1) is 5.82 Å². The van der Waals surface area contributed by atoms with Gasteiger partial charge in [-0.05, 0) is 32.0 Å². The number of hydrogen-bond donors (Lipinski definition) is 0. The molecule has 1 rings (SSSR count). The van der Waals surface area contributed by atoms with E-state index in [-0.39, 0.29) is 10.6 Å². The van der Waals surface area contributed by atoms with Crippen LogP contribution in [0.4, 0.5) is 4.39 Å². The van der Waals surface area contributed by atoms with E-state index in [9.17, 15) is 9.18 Å². The lowest BCUT2D eigenvalue weighted by atomic mass is 9.96. The number of rotatable bonds is 3. The number of benzene rings is 1. The van der Waals surface area contributed by atoms with E-state index in [2.05, 4.69) is 0 Å². The van der Waals surface area contributed by atoms with Crippen LogP contribution in [0.5, 0.6) is 0 Å². The highest BCUT2D eigenvalue weighted by Crippen LogP contribution is 2.21. The molecule has 0 fully saturated rings. The molecule has 0 saturated heterocycles. The molecular weight excluding hydrogens is 219 g/mol. The molecule has 15 heavy (non-hydrogen) atoms. The lowest BCUT2D eigenvalue weighted by molar-refractivity contribution is 0.0224. The van der Waals surface area contributed by atoms with Crippen LogP contribution >= 0.6 is 11.6 Å². The van der Waals surface area contributed by atoms with Gasteiger partial charge in [0.15, 0.2) is 5.78 Å². The molecule has 0 amide bonds. The fourth-order valence-corrected chi connectivity index (χ4v) is 1.25. The second-order valence-electron chi connectivity index (χ2n) is 3.67. The summed E-state index contributed by atoms with van der Waals surface area (Å²) < 4.78 is 18.4. The Morgan fingerprint density at radius 2 is 2.07 bits per heavy atom. The van der Waals surface area contributed by atoms with Crippen molar-refractivity contribution in [2.24, 2.45) is 0 Å². The topological polar surface area (TPSA) is 26.3 Å². The highest BCUT2D eigenvalue weighted by molar-refractivity contribution is 6.30. The van der Waals surface area contributed by atoms with Gasteiger partial charge in [0.1, 0.15) is 11.4 Å². The highest BCUT2D eigenvalue weighted by atomic mass is 35.5. The Labute approximate surface area is 93.0 Å². The predicted molar refractivity (Wildman–Crippen MR) is 56.8 cm³/mol. The van der Waals surface area contributed by atoms with Crippen LogP contribution in [0.3, 0.4) is 0 Å². The molecule has 0 radical (unpaired) electrons. The molecule has 1 aromatic carbocycles. The average Bonchev–Trinajstić information content (AvgIpc) is 2.17. The first kappa shape index (κ1) is 12.1. The van der Waals surface area contributed by atoms with Crippen molar-refractivity contribution in [3.63, 3.8) is 0 Å². The number of carbonyl (C=O) groups is 1. The quantitative estimate of drug-likeness (QED) is 0.746. The smallest absolute Gasteiger partial charge is 0.196 e. The molecule has 2 nitrogen and oxygen atoms in total. The molecule has 0 bridgehead atoms. The van der Waals surface area contributed by atoms with Crippen molar-refractivity contribution in [1.29, 1.82) is 0 Å². The summed E-state index contributed by atoms with van der Waals surface area (Å²) in [6, 6.07) is 3.95. The minimum atomic E-state index is -1.03. The number of carbonyl (C=O) groups excluding carboxylic acids is 1. The number of Topliss-reactive ketones (excluding diaryl/α,β-unsaturated/α-hetero) is 1. The summed E-state index contributed by atoms with van der Waals surface area (Å²) in [5.41, 5.74) is -1.04. The van der Waals surface area contributed by atoms with Crippen molar-refractivity contribution >= 4 is 17.4 Å². The fourth-order valence-electron chi connectivity index (χ4n) is 1.09. The van der Waals surface area contributed by atoms with E-state index in [0.29, 0.717) is 0 Å². The molecule has 0 aliphatic heterocycles. The van der Waals surface area contributed by atoms with Crippen LogP contribution in [0.1, 0.15) is 24.2 Å². The maximum Gasteiger partial charge on any atom is 0.196 e. The molecule has 0 spiro atoms. The summed E-state index contributed by atoms with van der Waals surface area (Å²) in [5, 5.41) is 0.263. The van der Waals surface area contributed by atoms with Crippen LogP contribution < -0.4 is 0 Å². The molecule has 0 N–H and O–H groups in total. The molecule has 82 valence electrons. The largest absolute Gasteiger partial charge is 0.371 e. The molecule has 0 saturated carbocycles. The Hall–Kier alpha value is -0.930. The van der Waals surface area contributed by atoms with Gasteiger partial charge in [0.2, 0.25) is 0 Å². The van der Waals surface area contributed by atoms with Gasteiger partial charge in [-0.25, -0.2) is 4.39 Å². The van der Waals surface area contributed by atoms with Crippen molar-refractivity contribution in [1.82, 2.24) is 0 Å². The van der Waals surface area contributed by atoms with Crippen molar-refractivity contribution in [2.45, 2.75) is 19.4 Å². The Balaban J connectivity index is 3.12. The first-order valence-corrected chi connectivity index (χ1v) is 4.81. The standard InChI is InChI=1S/C11H12ClFO2/c1-11(2,15-3)10(14)8-5-4-7(12)6-9(8)13/h4-6H,1-3H3. The molecule has 1 aromatic rings. The van der Waals surface area contributed by atoms with Gasteiger partial charge in [-0.15, -0.1) is 0 Å². The van der Waals surface area contributed by atoms with E-state index in [1.165, 1.54) is 19.2 Å². The number of ketones is 1. The van der Waals surface area contributed by atoms with E-state index in [0.717, 1.165) is 6.07 Å². The van der Waals surface area contributed by atoms with Gasteiger partial charge >= 0.3 is 0 Å². The highest BCUT2D eigenvalue weighted by Gasteiger charge is 2.30. The third-order valence-corrected chi connectivity index (χ3v) is 2.47. The summed E-state index contributed by atoms with van der Waals surface area (Å²) in [5.74, 6) is -1.03. The number of ether oxygens (including phenoxy) is 1. The molecule has 0 aromatic heterocycles. The lowest BCUT2D eigenvalue weighted by Crippen LogP contribution is -2.34. The fraction of sp³-hybridized carbons (Fsp3) is 0.364. The Morgan fingerprint density at radius 1 is 1.47 bits per heavy atom. The minimum absolute atomic E-state index is 0.00810. The van der Waals surface area contributed by atoms with Gasteiger partial charge in [-0.2, -0.15) is 0 Å². The third-order valence-electron chi connectivity index (χ3n) is 2.23. The van der Waals surface area contributed by atoms with Gasteiger partial charge < -0.3 is 4.74 Å². The first-order chi connectivity index (χ1) is 6.88. The average molecular weight is 231 g/mol. The van der Waals surface area contributed by atoms with Crippen molar-refractivity contribution in [2.75, 3.05) is 7.11 Å². The zero-order chi connectivity index (χ0) is 11.6. The van der Waals surface area contributed by atoms with Crippen LogP contribution in [0.25, 0.3) is 0 Å². The SMILES string of the molecule is COC(C)(C)C(=O)c1ccc(Cl)cc1F. The van der Waals surface area contributed by atoms with Gasteiger partial charge in [0.25, 0.3) is 0 Å².